The molecule has 1 aromatic rings. The average Bonchev–Trinajstić information content (AvgIpc) is 2.42. The van der Waals surface area contributed by atoms with Crippen molar-refractivity contribution in [3.05, 3.63) is 23.8 Å². The molecule has 0 saturated heterocycles. The van der Waals surface area contributed by atoms with E-state index in [9.17, 15) is 0 Å². The van der Waals surface area contributed by atoms with Crippen molar-refractivity contribution < 1.29 is 4.74 Å². The number of ether oxygens (including phenoxy) is 1. The van der Waals surface area contributed by atoms with Gasteiger partial charge in [-0.15, -0.1) is 0 Å². The quantitative estimate of drug-likeness (QED) is 0.885. The minimum absolute atomic E-state index is 0.220. The molecule has 3 heteroatoms. The normalized spacial score (nSPS) is 14.8. The fourth-order valence-electron chi connectivity index (χ4n) is 2.39. The number of anilines is 1. The Bertz CT molecular complexity index is 437. The van der Waals surface area contributed by atoms with Gasteiger partial charge in [0.2, 0.25) is 0 Å². The van der Waals surface area contributed by atoms with Crippen molar-refractivity contribution in [2.75, 3.05) is 26.1 Å². The van der Waals surface area contributed by atoms with Gasteiger partial charge in [0.05, 0.1) is 7.11 Å². The summed E-state index contributed by atoms with van der Waals surface area (Å²) in [5.74, 6) is 0.942. The van der Waals surface area contributed by atoms with Crippen molar-refractivity contribution >= 4 is 5.69 Å². The number of hydrogen-bond acceptors (Lipinski definition) is 3. The molecule has 0 bridgehead atoms. The Morgan fingerprint density at radius 3 is 2.25 bits per heavy atom. The molecular weight excluding hydrogens is 248 g/mol. The minimum Gasteiger partial charge on any atom is -0.496 e. The Morgan fingerprint density at radius 2 is 1.80 bits per heavy atom. The first-order valence-electron chi connectivity index (χ1n) is 7.31. The third kappa shape index (κ3) is 3.45. The molecule has 1 rings (SSSR count). The van der Waals surface area contributed by atoms with Crippen LogP contribution in [0, 0.1) is 5.41 Å². The monoisotopic (exact) mass is 278 g/mol. The predicted molar refractivity (Wildman–Crippen MR) is 87.8 cm³/mol. The zero-order valence-corrected chi connectivity index (χ0v) is 14.2. The molecule has 3 nitrogen and oxygen atoms in total. The van der Waals surface area contributed by atoms with E-state index >= 15 is 0 Å². The van der Waals surface area contributed by atoms with Crippen molar-refractivity contribution in [3.63, 3.8) is 0 Å². The molecule has 0 fully saturated rings. The van der Waals surface area contributed by atoms with E-state index in [4.69, 9.17) is 4.74 Å². The summed E-state index contributed by atoms with van der Waals surface area (Å²) in [5.41, 5.74) is 2.67. The molecule has 0 amide bonds. The van der Waals surface area contributed by atoms with E-state index in [1.807, 2.05) is 13.1 Å². The number of methoxy groups -OCH3 is 1. The lowest BCUT2D eigenvalue weighted by Gasteiger charge is -2.38. The summed E-state index contributed by atoms with van der Waals surface area (Å²) in [7, 11) is 5.88. The lowest BCUT2D eigenvalue weighted by atomic mass is 9.86. The fourth-order valence-corrected chi connectivity index (χ4v) is 2.39. The van der Waals surface area contributed by atoms with Gasteiger partial charge in [-0.2, -0.15) is 0 Å². The van der Waals surface area contributed by atoms with E-state index in [0.717, 1.165) is 5.75 Å². The van der Waals surface area contributed by atoms with Crippen molar-refractivity contribution in [1.29, 1.82) is 0 Å². The van der Waals surface area contributed by atoms with Crippen LogP contribution in [0.4, 0.5) is 5.69 Å². The maximum atomic E-state index is 5.56. The van der Waals surface area contributed by atoms with E-state index in [1.165, 1.54) is 11.3 Å². The molecule has 0 heterocycles. The molecule has 2 atom stereocenters. The summed E-state index contributed by atoms with van der Waals surface area (Å²) in [6.45, 7) is 11.3. The van der Waals surface area contributed by atoms with Crippen LogP contribution in [0.5, 0.6) is 5.75 Å². The molecule has 0 spiro atoms. The number of rotatable bonds is 5. The number of nitrogens with zero attached hydrogens (tertiary/aromatic N) is 1. The Labute approximate surface area is 124 Å². The molecule has 114 valence electrons. The van der Waals surface area contributed by atoms with Crippen LogP contribution in [-0.4, -0.2) is 27.2 Å². The summed E-state index contributed by atoms with van der Waals surface area (Å²) in [6.07, 6.45) is 0. The average molecular weight is 278 g/mol. The predicted octanol–water partition coefficient (Wildman–Crippen LogP) is 3.85. The van der Waals surface area contributed by atoms with Crippen molar-refractivity contribution in [1.82, 2.24) is 5.32 Å². The van der Waals surface area contributed by atoms with Gasteiger partial charge < -0.3 is 15.0 Å². The van der Waals surface area contributed by atoms with Crippen LogP contribution in [0.25, 0.3) is 0 Å². The van der Waals surface area contributed by atoms with Gasteiger partial charge in [-0.3, -0.25) is 0 Å². The number of hydrogen-bond donors (Lipinski definition) is 1. The first-order valence-corrected chi connectivity index (χ1v) is 7.31. The molecule has 0 aliphatic carbocycles. The maximum Gasteiger partial charge on any atom is 0.125 e. The highest BCUT2D eigenvalue weighted by molar-refractivity contribution is 5.61. The fraction of sp³-hybridized carbons (Fsp3) is 0.647. The van der Waals surface area contributed by atoms with Gasteiger partial charge in [0.25, 0.3) is 0 Å². The van der Waals surface area contributed by atoms with Crippen LogP contribution in [0.2, 0.25) is 0 Å². The lowest BCUT2D eigenvalue weighted by molar-refractivity contribution is 0.328. The van der Waals surface area contributed by atoms with Gasteiger partial charge in [0.15, 0.2) is 0 Å². The van der Waals surface area contributed by atoms with Crippen LogP contribution in [0.3, 0.4) is 0 Å². The maximum absolute atomic E-state index is 5.56. The van der Waals surface area contributed by atoms with Crippen LogP contribution in [0.15, 0.2) is 18.2 Å². The molecular formula is C17H30N2O. The first-order chi connectivity index (χ1) is 9.23. The molecule has 1 aromatic carbocycles. The van der Waals surface area contributed by atoms with E-state index in [-0.39, 0.29) is 11.5 Å². The molecule has 0 aromatic heterocycles. The molecule has 0 saturated carbocycles. The summed E-state index contributed by atoms with van der Waals surface area (Å²) < 4.78 is 5.56. The second-order valence-corrected chi connectivity index (χ2v) is 6.56. The Hall–Kier alpha value is -1.22. The molecule has 2 unspecified atom stereocenters. The standard InChI is InChI=1S/C17H30N2O/c1-12(18-6)16-14(10-9-11-15(16)20-8)19(7)13(2)17(3,4)5/h9-13,18H,1-8H3. The molecule has 20 heavy (non-hydrogen) atoms. The van der Waals surface area contributed by atoms with Gasteiger partial charge in [-0.1, -0.05) is 26.8 Å². The van der Waals surface area contributed by atoms with E-state index < -0.39 is 0 Å². The zero-order valence-electron chi connectivity index (χ0n) is 14.2. The SMILES string of the molecule is CNC(C)c1c(OC)cccc1N(C)C(C)C(C)(C)C. The molecule has 0 aliphatic heterocycles. The highest BCUT2D eigenvalue weighted by atomic mass is 16.5. The van der Waals surface area contributed by atoms with Crippen LogP contribution >= 0.6 is 0 Å². The van der Waals surface area contributed by atoms with Gasteiger partial charge in [0, 0.05) is 30.4 Å². The second kappa shape index (κ2) is 6.49. The molecule has 1 N–H and O–H groups in total. The Balaban J connectivity index is 3.30. The summed E-state index contributed by atoms with van der Waals surface area (Å²) in [5, 5.41) is 3.32. The van der Waals surface area contributed by atoms with Crippen LogP contribution < -0.4 is 15.0 Å². The van der Waals surface area contributed by atoms with Crippen molar-refractivity contribution in [2.24, 2.45) is 5.41 Å². The van der Waals surface area contributed by atoms with E-state index in [2.05, 4.69) is 64.0 Å². The van der Waals surface area contributed by atoms with E-state index in [1.54, 1.807) is 7.11 Å². The van der Waals surface area contributed by atoms with E-state index in [0.29, 0.717) is 6.04 Å². The first kappa shape index (κ1) is 16.8. The second-order valence-electron chi connectivity index (χ2n) is 6.56. The number of nitrogens with one attached hydrogen (secondary N) is 1. The van der Waals surface area contributed by atoms with Crippen molar-refractivity contribution in [3.8, 4) is 5.75 Å². The Kier molecular flexibility index (Phi) is 5.46. The third-order valence-electron chi connectivity index (χ3n) is 4.34. The van der Waals surface area contributed by atoms with Gasteiger partial charge >= 0.3 is 0 Å². The third-order valence-corrected chi connectivity index (χ3v) is 4.34. The van der Waals surface area contributed by atoms with Crippen LogP contribution in [-0.2, 0) is 0 Å². The van der Waals surface area contributed by atoms with Crippen LogP contribution in [0.1, 0.15) is 46.2 Å². The largest absolute Gasteiger partial charge is 0.496 e. The zero-order chi connectivity index (χ0) is 15.5. The molecule has 0 radical (unpaired) electrons. The Morgan fingerprint density at radius 1 is 1.20 bits per heavy atom. The molecule has 0 aliphatic rings. The van der Waals surface area contributed by atoms with Crippen molar-refractivity contribution in [2.45, 2.75) is 46.7 Å². The highest BCUT2D eigenvalue weighted by Gasteiger charge is 2.27. The smallest absolute Gasteiger partial charge is 0.125 e. The number of benzene rings is 1. The summed E-state index contributed by atoms with van der Waals surface area (Å²) >= 11 is 0. The minimum atomic E-state index is 0.220. The van der Waals surface area contributed by atoms with Gasteiger partial charge in [-0.25, -0.2) is 0 Å². The van der Waals surface area contributed by atoms with Gasteiger partial charge in [-0.05, 0) is 38.4 Å². The summed E-state index contributed by atoms with van der Waals surface area (Å²) in [6, 6.07) is 6.94. The topological polar surface area (TPSA) is 24.5 Å². The summed E-state index contributed by atoms with van der Waals surface area (Å²) in [4.78, 5) is 2.35. The highest BCUT2D eigenvalue weighted by Crippen LogP contribution is 2.37. The lowest BCUT2D eigenvalue weighted by Crippen LogP contribution is -2.40. The van der Waals surface area contributed by atoms with Gasteiger partial charge in [0.1, 0.15) is 5.75 Å².